The third-order valence-electron chi connectivity index (χ3n) is 4.27. The van der Waals surface area contributed by atoms with Gasteiger partial charge in [0.1, 0.15) is 11.6 Å². The predicted molar refractivity (Wildman–Crippen MR) is 82.4 cm³/mol. The molecule has 1 unspecified atom stereocenters. The molecular weight excluding hydrogens is 297 g/mol. The maximum absolute atomic E-state index is 13.4. The lowest BCUT2D eigenvalue weighted by atomic mass is 10.0. The molecule has 1 N–H and O–H groups in total. The number of likely N-dealkylation sites (tertiary alicyclic amines) is 1. The summed E-state index contributed by atoms with van der Waals surface area (Å²) in [6.07, 6.45) is 4.31. The largest absolute Gasteiger partial charge is 0.459 e. The highest BCUT2D eigenvalue weighted by atomic mass is 19.1. The SMILES string of the molecule is O=C(c1ccco1)N1CCCCC1c1nc2ccc(F)cc2[nH]1. The van der Waals surface area contributed by atoms with E-state index in [4.69, 9.17) is 4.42 Å². The number of carbonyl (C=O) groups is 1. The molecule has 0 spiro atoms. The number of hydrogen-bond donors (Lipinski definition) is 1. The van der Waals surface area contributed by atoms with E-state index < -0.39 is 0 Å². The van der Waals surface area contributed by atoms with Gasteiger partial charge in [-0.2, -0.15) is 0 Å². The van der Waals surface area contributed by atoms with Gasteiger partial charge in [-0.3, -0.25) is 4.79 Å². The van der Waals surface area contributed by atoms with Crippen LogP contribution in [-0.2, 0) is 0 Å². The third-order valence-corrected chi connectivity index (χ3v) is 4.27. The van der Waals surface area contributed by atoms with E-state index in [-0.39, 0.29) is 17.8 Å². The maximum Gasteiger partial charge on any atom is 0.290 e. The molecule has 0 bridgehead atoms. The first-order valence-corrected chi connectivity index (χ1v) is 7.72. The molecule has 4 rings (SSSR count). The molecule has 1 atom stereocenters. The number of furan rings is 1. The Balaban J connectivity index is 1.70. The number of nitrogens with zero attached hydrogens (tertiary/aromatic N) is 2. The minimum atomic E-state index is -0.306. The van der Waals surface area contributed by atoms with Gasteiger partial charge in [-0.05, 0) is 49.6 Å². The molecule has 0 saturated carbocycles. The topological polar surface area (TPSA) is 62.1 Å². The minimum Gasteiger partial charge on any atom is -0.459 e. The standard InChI is InChI=1S/C17H16FN3O2/c18-11-6-7-12-13(10-11)20-16(19-12)14-4-1-2-8-21(14)17(22)15-5-3-9-23-15/h3,5-7,9-10,14H,1-2,4,8H2,(H,19,20). The highest BCUT2D eigenvalue weighted by molar-refractivity contribution is 5.91. The van der Waals surface area contributed by atoms with E-state index in [1.165, 1.54) is 18.4 Å². The van der Waals surface area contributed by atoms with Gasteiger partial charge in [-0.25, -0.2) is 9.37 Å². The second-order valence-electron chi connectivity index (χ2n) is 5.77. The number of aromatic nitrogens is 2. The van der Waals surface area contributed by atoms with Crippen LogP contribution in [0.5, 0.6) is 0 Å². The fourth-order valence-corrected chi connectivity index (χ4v) is 3.16. The summed E-state index contributed by atoms with van der Waals surface area (Å²) < 4.78 is 18.6. The summed E-state index contributed by atoms with van der Waals surface area (Å²) in [6.45, 7) is 0.662. The van der Waals surface area contributed by atoms with Crippen molar-refractivity contribution in [3.63, 3.8) is 0 Å². The number of H-pyrrole nitrogens is 1. The summed E-state index contributed by atoms with van der Waals surface area (Å²) in [5.74, 6) is 0.593. The van der Waals surface area contributed by atoms with Gasteiger partial charge >= 0.3 is 0 Å². The van der Waals surface area contributed by atoms with Crippen LogP contribution in [0.25, 0.3) is 11.0 Å². The molecule has 1 fully saturated rings. The molecule has 1 aliphatic rings. The summed E-state index contributed by atoms with van der Waals surface area (Å²) in [7, 11) is 0. The summed E-state index contributed by atoms with van der Waals surface area (Å²) in [5.41, 5.74) is 1.35. The molecule has 1 amide bonds. The predicted octanol–water partition coefficient (Wildman–Crippen LogP) is 3.66. The Morgan fingerprint density at radius 2 is 2.26 bits per heavy atom. The number of carbonyl (C=O) groups excluding carboxylic acids is 1. The van der Waals surface area contributed by atoms with E-state index in [2.05, 4.69) is 9.97 Å². The van der Waals surface area contributed by atoms with Gasteiger partial charge in [0.05, 0.1) is 23.3 Å². The monoisotopic (exact) mass is 313 g/mol. The van der Waals surface area contributed by atoms with Gasteiger partial charge in [-0.1, -0.05) is 0 Å². The van der Waals surface area contributed by atoms with Crippen molar-refractivity contribution in [2.45, 2.75) is 25.3 Å². The molecule has 5 nitrogen and oxygen atoms in total. The Morgan fingerprint density at radius 3 is 3.09 bits per heavy atom. The van der Waals surface area contributed by atoms with Crippen molar-refractivity contribution in [2.24, 2.45) is 0 Å². The molecule has 1 saturated heterocycles. The molecule has 6 heteroatoms. The van der Waals surface area contributed by atoms with Gasteiger partial charge in [0, 0.05) is 6.54 Å². The lowest BCUT2D eigenvalue weighted by Gasteiger charge is -2.33. The van der Waals surface area contributed by atoms with E-state index in [0.717, 1.165) is 19.3 Å². The zero-order valence-corrected chi connectivity index (χ0v) is 12.5. The lowest BCUT2D eigenvalue weighted by molar-refractivity contribution is 0.0569. The highest BCUT2D eigenvalue weighted by Gasteiger charge is 2.31. The van der Waals surface area contributed by atoms with Crippen LogP contribution in [0.4, 0.5) is 4.39 Å². The number of nitrogens with one attached hydrogen (secondary N) is 1. The Kier molecular flexibility index (Phi) is 3.37. The second kappa shape index (κ2) is 5.53. The van der Waals surface area contributed by atoms with E-state index in [1.54, 1.807) is 23.1 Å². The minimum absolute atomic E-state index is 0.133. The van der Waals surface area contributed by atoms with Crippen molar-refractivity contribution in [3.05, 3.63) is 54.0 Å². The number of halogens is 1. The zero-order chi connectivity index (χ0) is 15.8. The molecule has 118 valence electrons. The first kappa shape index (κ1) is 14.0. The van der Waals surface area contributed by atoms with Crippen molar-refractivity contribution in [1.29, 1.82) is 0 Å². The first-order valence-electron chi connectivity index (χ1n) is 7.72. The summed E-state index contributed by atoms with van der Waals surface area (Å²) in [5, 5.41) is 0. The van der Waals surface area contributed by atoms with Crippen LogP contribution in [0.3, 0.4) is 0 Å². The molecule has 23 heavy (non-hydrogen) atoms. The fraction of sp³-hybridized carbons (Fsp3) is 0.294. The molecule has 0 aliphatic carbocycles. The smallest absolute Gasteiger partial charge is 0.290 e. The second-order valence-corrected chi connectivity index (χ2v) is 5.77. The number of amides is 1. The first-order chi connectivity index (χ1) is 11.2. The Bertz CT molecular complexity index is 841. The van der Waals surface area contributed by atoms with E-state index >= 15 is 0 Å². The van der Waals surface area contributed by atoms with Crippen LogP contribution in [0, 0.1) is 5.82 Å². The third kappa shape index (κ3) is 2.50. The van der Waals surface area contributed by atoms with Crippen LogP contribution in [0.2, 0.25) is 0 Å². The Labute approximate surface area is 132 Å². The Morgan fingerprint density at radius 1 is 1.35 bits per heavy atom. The average Bonchev–Trinajstić information content (AvgIpc) is 3.23. The van der Waals surface area contributed by atoms with Crippen molar-refractivity contribution < 1.29 is 13.6 Å². The van der Waals surface area contributed by atoms with Gasteiger partial charge in [0.2, 0.25) is 0 Å². The summed E-state index contributed by atoms with van der Waals surface area (Å²) >= 11 is 0. The van der Waals surface area contributed by atoms with E-state index in [0.29, 0.717) is 29.2 Å². The summed E-state index contributed by atoms with van der Waals surface area (Å²) in [6, 6.07) is 7.69. The lowest BCUT2D eigenvalue weighted by Crippen LogP contribution is -2.38. The normalized spacial score (nSPS) is 18.5. The van der Waals surface area contributed by atoms with Gasteiger partial charge in [0.25, 0.3) is 5.91 Å². The average molecular weight is 313 g/mol. The number of piperidine rings is 1. The number of imidazole rings is 1. The fourth-order valence-electron chi connectivity index (χ4n) is 3.16. The van der Waals surface area contributed by atoms with Crippen LogP contribution in [-0.4, -0.2) is 27.3 Å². The van der Waals surface area contributed by atoms with Crippen molar-refractivity contribution in [3.8, 4) is 0 Å². The van der Waals surface area contributed by atoms with Gasteiger partial charge in [-0.15, -0.1) is 0 Å². The molecule has 2 aromatic heterocycles. The molecule has 1 aliphatic heterocycles. The maximum atomic E-state index is 13.4. The zero-order valence-electron chi connectivity index (χ0n) is 12.5. The Hall–Kier alpha value is -2.63. The number of fused-ring (bicyclic) bond motifs is 1. The van der Waals surface area contributed by atoms with Crippen LogP contribution < -0.4 is 0 Å². The van der Waals surface area contributed by atoms with Crippen LogP contribution in [0.15, 0.2) is 41.0 Å². The molecular formula is C17H16FN3O2. The number of aromatic amines is 1. The number of hydrogen-bond acceptors (Lipinski definition) is 3. The summed E-state index contributed by atoms with van der Waals surface area (Å²) in [4.78, 5) is 22.1. The van der Waals surface area contributed by atoms with Gasteiger partial charge in [0.15, 0.2) is 5.76 Å². The van der Waals surface area contributed by atoms with Crippen LogP contribution in [0.1, 0.15) is 41.7 Å². The van der Waals surface area contributed by atoms with Crippen molar-refractivity contribution >= 4 is 16.9 Å². The van der Waals surface area contributed by atoms with Gasteiger partial charge < -0.3 is 14.3 Å². The van der Waals surface area contributed by atoms with Crippen molar-refractivity contribution in [2.75, 3.05) is 6.54 Å². The van der Waals surface area contributed by atoms with Crippen molar-refractivity contribution in [1.82, 2.24) is 14.9 Å². The molecule has 3 heterocycles. The molecule has 0 radical (unpaired) electrons. The van der Waals surface area contributed by atoms with E-state index in [9.17, 15) is 9.18 Å². The van der Waals surface area contributed by atoms with Crippen LogP contribution >= 0.6 is 0 Å². The highest BCUT2D eigenvalue weighted by Crippen LogP contribution is 2.31. The quantitative estimate of drug-likeness (QED) is 0.785. The molecule has 3 aromatic rings. The van der Waals surface area contributed by atoms with E-state index in [1.807, 2.05) is 0 Å². The number of rotatable bonds is 2. The molecule has 1 aromatic carbocycles. The number of benzene rings is 1.